The van der Waals surface area contributed by atoms with E-state index in [9.17, 15) is 9.18 Å². The highest BCUT2D eigenvalue weighted by atomic mass is 35.5. The Morgan fingerprint density at radius 1 is 1.22 bits per heavy atom. The van der Waals surface area contributed by atoms with Crippen LogP contribution in [0.1, 0.15) is 23.1 Å². The highest BCUT2D eigenvalue weighted by Gasteiger charge is 2.15. The standard InChI is InChI=1S/C21H24ClFN2OS/c22-19-7-6-18(20(23)12-19)14-27-15-21(26)24-9-3-10-25-11-8-16-4-1-2-5-17(16)13-25/h1-2,4-7,12H,3,8-11,13-15H2,(H,24,26). The number of halogens is 2. The largest absolute Gasteiger partial charge is 0.355 e. The molecule has 144 valence electrons. The molecule has 0 aromatic heterocycles. The van der Waals surface area contributed by atoms with Gasteiger partial charge in [-0.2, -0.15) is 0 Å². The molecular weight excluding hydrogens is 383 g/mol. The number of benzene rings is 2. The van der Waals surface area contributed by atoms with Crippen molar-refractivity contribution in [3.8, 4) is 0 Å². The van der Waals surface area contributed by atoms with Crippen molar-refractivity contribution < 1.29 is 9.18 Å². The van der Waals surface area contributed by atoms with E-state index in [-0.39, 0.29) is 11.7 Å². The predicted octanol–water partition coefficient (Wildman–Crippen LogP) is 4.28. The molecular formula is C21H24ClFN2OS. The molecule has 0 saturated carbocycles. The Kier molecular flexibility index (Phi) is 7.56. The number of nitrogens with one attached hydrogen (secondary N) is 1. The van der Waals surface area contributed by atoms with Crippen molar-refractivity contribution in [2.24, 2.45) is 0 Å². The van der Waals surface area contributed by atoms with E-state index >= 15 is 0 Å². The van der Waals surface area contributed by atoms with Gasteiger partial charge in [0.25, 0.3) is 0 Å². The molecule has 6 heteroatoms. The highest BCUT2D eigenvalue weighted by molar-refractivity contribution is 7.99. The third kappa shape index (κ3) is 6.23. The van der Waals surface area contributed by atoms with Crippen molar-refractivity contribution in [1.29, 1.82) is 0 Å². The zero-order valence-corrected chi connectivity index (χ0v) is 16.8. The van der Waals surface area contributed by atoms with E-state index in [0.29, 0.717) is 28.6 Å². The number of hydrogen-bond donors (Lipinski definition) is 1. The quantitative estimate of drug-likeness (QED) is 0.664. The summed E-state index contributed by atoms with van der Waals surface area (Å²) in [6, 6.07) is 13.2. The molecule has 2 aromatic carbocycles. The van der Waals surface area contributed by atoms with Gasteiger partial charge in [-0.1, -0.05) is 41.9 Å². The van der Waals surface area contributed by atoms with Crippen molar-refractivity contribution in [3.05, 3.63) is 70.0 Å². The van der Waals surface area contributed by atoms with E-state index in [4.69, 9.17) is 11.6 Å². The first kappa shape index (κ1) is 20.2. The van der Waals surface area contributed by atoms with E-state index in [2.05, 4.69) is 34.5 Å². The third-order valence-electron chi connectivity index (χ3n) is 4.69. The number of carbonyl (C=O) groups is 1. The minimum Gasteiger partial charge on any atom is -0.355 e. The monoisotopic (exact) mass is 406 g/mol. The van der Waals surface area contributed by atoms with Crippen LogP contribution >= 0.6 is 23.4 Å². The molecule has 1 aliphatic heterocycles. The maximum absolute atomic E-state index is 13.7. The molecule has 27 heavy (non-hydrogen) atoms. The lowest BCUT2D eigenvalue weighted by Gasteiger charge is -2.28. The summed E-state index contributed by atoms with van der Waals surface area (Å²) in [4.78, 5) is 14.4. The van der Waals surface area contributed by atoms with E-state index in [0.717, 1.165) is 32.5 Å². The van der Waals surface area contributed by atoms with E-state index in [1.807, 2.05) is 0 Å². The highest BCUT2D eigenvalue weighted by Crippen LogP contribution is 2.20. The van der Waals surface area contributed by atoms with Gasteiger partial charge in [0.05, 0.1) is 5.75 Å². The van der Waals surface area contributed by atoms with Gasteiger partial charge in [-0.25, -0.2) is 4.39 Å². The summed E-state index contributed by atoms with van der Waals surface area (Å²) in [5.74, 6) is 0.472. The van der Waals surface area contributed by atoms with Crippen LogP contribution in [0.2, 0.25) is 5.02 Å². The van der Waals surface area contributed by atoms with Crippen LogP contribution in [0.3, 0.4) is 0 Å². The van der Waals surface area contributed by atoms with Crippen molar-refractivity contribution in [1.82, 2.24) is 10.2 Å². The van der Waals surface area contributed by atoms with Gasteiger partial charge in [0, 0.05) is 37.0 Å². The topological polar surface area (TPSA) is 32.3 Å². The Morgan fingerprint density at radius 3 is 2.85 bits per heavy atom. The van der Waals surface area contributed by atoms with E-state index < -0.39 is 0 Å². The average Bonchev–Trinajstić information content (AvgIpc) is 2.67. The first-order valence-corrected chi connectivity index (χ1v) is 10.7. The Morgan fingerprint density at radius 2 is 2.04 bits per heavy atom. The second-order valence-corrected chi connectivity index (χ2v) is 8.15. The number of amides is 1. The van der Waals surface area contributed by atoms with Gasteiger partial charge in [0.15, 0.2) is 0 Å². The smallest absolute Gasteiger partial charge is 0.230 e. The van der Waals surface area contributed by atoms with Crippen molar-refractivity contribution >= 4 is 29.3 Å². The SMILES string of the molecule is O=C(CSCc1ccc(Cl)cc1F)NCCCN1CCc2ccccc2C1. The molecule has 3 rings (SSSR count). The number of nitrogens with zero attached hydrogens (tertiary/aromatic N) is 1. The van der Waals surface area contributed by atoms with Gasteiger partial charge in [-0.05, 0) is 41.7 Å². The summed E-state index contributed by atoms with van der Waals surface area (Å²) >= 11 is 7.15. The molecule has 0 fully saturated rings. The zero-order chi connectivity index (χ0) is 19.1. The predicted molar refractivity (Wildman–Crippen MR) is 111 cm³/mol. The zero-order valence-electron chi connectivity index (χ0n) is 15.2. The summed E-state index contributed by atoms with van der Waals surface area (Å²) < 4.78 is 13.7. The van der Waals surface area contributed by atoms with Gasteiger partial charge < -0.3 is 5.32 Å². The second kappa shape index (κ2) is 10.1. The van der Waals surface area contributed by atoms with E-state index in [1.165, 1.54) is 29.0 Å². The Labute approximate surface area is 169 Å². The Bertz CT molecular complexity index is 787. The van der Waals surface area contributed by atoms with Crippen LogP contribution in [0.5, 0.6) is 0 Å². The lowest BCUT2D eigenvalue weighted by molar-refractivity contribution is -0.118. The van der Waals surface area contributed by atoms with Crippen LogP contribution in [-0.4, -0.2) is 36.2 Å². The lowest BCUT2D eigenvalue weighted by Crippen LogP contribution is -2.34. The van der Waals surface area contributed by atoms with Gasteiger partial charge in [-0.3, -0.25) is 9.69 Å². The van der Waals surface area contributed by atoms with Crippen LogP contribution in [-0.2, 0) is 23.5 Å². The summed E-state index contributed by atoms with van der Waals surface area (Å²) in [5, 5.41) is 3.34. The van der Waals surface area contributed by atoms with Crippen LogP contribution in [0.25, 0.3) is 0 Å². The Balaban J connectivity index is 1.29. The minimum atomic E-state index is -0.321. The molecule has 3 nitrogen and oxygen atoms in total. The van der Waals surface area contributed by atoms with Crippen molar-refractivity contribution in [3.63, 3.8) is 0 Å². The molecule has 0 unspecified atom stereocenters. The molecule has 0 radical (unpaired) electrons. The Hall–Kier alpha value is -1.56. The maximum atomic E-state index is 13.7. The van der Waals surface area contributed by atoms with Crippen molar-refractivity contribution in [2.45, 2.75) is 25.1 Å². The molecule has 0 bridgehead atoms. The van der Waals surface area contributed by atoms with Crippen molar-refractivity contribution in [2.75, 3.05) is 25.4 Å². The fraction of sp³-hybridized carbons (Fsp3) is 0.381. The number of hydrogen-bond acceptors (Lipinski definition) is 3. The molecule has 1 amide bonds. The first-order chi connectivity index (χ1) is 13.1. The third-order valence-corrected chi connectivity index (χ3v) is 5.91. The first-order valence-electron chi connectivity index (χ1n) is 9.19. The second-order valence-electron chi connectivity index (χ2n) is 6.73. The van der Waals surface area contributed by atoms with E-state index in [1.54, 1.807) is 12.1 Å². The molecule has 1 heterocycles. The van der Waals surface area contributed by atoms with Crippen LogP contribution in [0.4, 0.5) is 4.39 Å². The summed E-state index contributed by atoms with van der Waals surface area (Å²) in [6.45, 7) is 3.73. The molecule has 0 aliphatic carbocycles. The number of thioether (sulfide) groups is 1. The summed E-state index contributed by atoms with van der Waals surface area (Å²) in [7, 11) is 0. The average molecular weight is 407 g/mol. The lowest BCUT2D eigenvalue weighted by atomic mass is 10.00. The number of carbonyl (C=O) groups excluding carboxylic acids is 1. The minimum absolute atomic E-state index is 0.00152. The molecule has 1 aliphatic rings. The molecule has 1 N–H and O–H groups in total. The van der Waals surface area contributed by atoms with Crippen LogP contribution < -0.4 is 5.32 Å². The number of rotatable bonds is 8. The van der Waals surface area contributed by atoms with Gasteiger partial charge in [-0.15, -0.1) is 11.8 Å². The van der Waals surface area contributed by atoms with Gasteiger partial charge in [0.1, 0.15) is 5.82 Å². The molecule has 0 spiro atoms. The molecule has 0 atom stereocenters. The number of fused-ring (bicyclic) bond motifs is 1. The fourth-order valence-corrected chi connectivity index (χ4v) is 4.22. The summed E-state index contributed by atoms with van der Waals surface area (Å²) in [5.41, 5.74) is 3.44. The van der Waals surface area contributed by atoms with Gasteiger partial charge in [0.2, 0.25) is 5.91 Å². The fourth-order valence-electron chi connectivity index (χ4n) is 3.22. The van der Waals surface area contributed by atoms with Gasteiger partial charge >= 0.3 is 0 Å². The summed E-state index contributed by atoms with van der Waals surface area (Å²) in [6.07, 6.45) is 2.03. The molecule has 2 aromatic rings. The normalized spacial score (nSPS) is 14.0. The van der Waals surface area contributed by atoms with Crippen LogP contribution in [0, 0.1) is 5.82 Å². The molecule has 0 saturated heterocycles. The van der Waals surface area contributed by atoms with Crippen LogP contribution in [0.15, 0.2) is 42.5 Å². The maximum Gasteiger partial charge on any atom is 0.230 e.